The molecule has 2 aromatic carbocycles. The van der Waals surface area contributed by atoms with Crippen molar-refractivity contribution in [2.45, 2.75) is 6.61 Å². The van der Waals surface area contributed by atoms with Crippen LogP contribution < -0.4 is 9.47 Å². The highest BCUT2D eigenvalue weighted by Crippen LogP contribution is 2.30. The molecule has 4 heteroatoms. The first kappa shape index (κ1) is 13.7. The van der Waals surface area contributed by atoms with Gasteiger partial charge in [-0.15, -0.1) is 0 Å². The second-order valence-corrected chi connectivity index (χ2v) is 4.99. The second-order valence-electron chi connectivity index (χ2n) is 4.60. The monoisotopic (exact) mass is 299 g/mol. The molecule has 0 aliphatic heterocycles. The van der Waals surface area contributed by atoms with Gasteiger partial charge in [0.1, 0.15) is 23.3 Å². The molecule has 0 N–H and O–H groups in total. The van der Waals surface area contributed by atoms with E-state index in [1.165, 1.54) is 0 Å². The molecule has 0 atom stereocenters. The van der Waals surface area contributed by atoms with Crippen LogP contribution >= 0.6 is 11.6 Å². The highest BCUT2D eigenvalue weighted by Gasteiger charge is 2.07. The molecule has 0 fully saturated rings. The molecule has 0 radical (unpaired) electrons. The molecule has 21 heavy (non-hydrogen) atoms. The first-order chi connectivity index (χ1) is 10.3. The zero-order chi connectivity index (χ0) is 14.7. The lowest BCUT2D eigenvalue weighted by atomic mass is 10.2. The van der Waals surface area contributed by atoms with E-state index in [0.29, 0.717) is 11.8 Å². The van der Waals surface area contributed by atoms with Crippen molar-refractivity contribution in [1.29, 1.82) is 0 Å². The van der Waals surface area contributed by atoms with Gasteiger partial charge in [0.15, 0.2) is 0 Å². The number of rotatable bonds is 4. The van der Waals surface area contributed by atoms with Gasteiger partial charge in [-0.25, -0.2) is 4.98 Å². The van der Waals surface area contributed by atoms with Crippen LogP contribution in [0.1, 0.15) is 5.56 Å². The molecular weight excluding hydrogens is 286 g/mol. The molecule has 0 saturated heterocycles. The lowest BCUT2D eigenvalue weighted by Gasteiger charge is -2.10. The number of methoxy groups -OCH3 is 1. The number of halogens is 1. The molecule has 0 saturated carbocycles. The molecule has 106 valence electrons. The molecule has 1 heterocycles. The Morgan fingerprint density at radius 3 is 2.62 bits per heavy atom. The van der Waals surface area contributed by atoms with Gasteiger partial charge in [0.2, 0.25) is 0 Å². The van der Waals surface area contributed by atoms with E-state index >= 15 is 0 Å². The molecular formula is C17H14ClNO2. The Balaban J connectivity index is 1.94. The number of fused-ring (bicyclic) bond motifs is 1. The smallest absolute Gasteiger partial charge is 0.133 e. The minimum Gasteiger partial charge on any atom is -0.497 e. The van der Waals surface area contributed by atoms with Gasteiger partial charge >= 0.3 is 0 Å². The zero-order valence-corrected chi connectivity index (χ0v) is 12.3. The van der Waals surface area contributed by atoms with Gasteiger partial charge in [0.05, 0.1) is 12.6 Å². The van der Waals surface area contributed by atoms with E-state index in [1.807, 2.05) is 48.5 Å². The first-order valence-corrected chi connectivity index (χ1v) is 6.95. The summed E-state index contributed by atoms with van der Waals surface area (Å²) in [6.45, 7) is 0.488. The Morgan fingerprint density at radius 2 is 1.86 bits per heavy atom. The van der Waals surface area contributed by atoms with Crippen LogP contribution in [0, 0.1) is 0 Å². The Morgan fingerprint density at radius 1 is 1.05 bits per heavy atom. The normalized spacial score (nSPS) is 10.6. The summed E-state index contributed by atoms with van der Waals surface area (Å²) in [7, 11) is 1.62. The Kier molecular flexibility index (Phi) is 3.93. The third-order valence-electron chi connectivity index (χ3n) is 3.18. The maximum Gasteiger partial charge on any atom is 0.133 e. The quantitative estimate of drug-likeness (QED) is 0.666. The lowest BCUT2D eigenvalue weighted by Crippen LogP contribution is -1.97. The third-order valence-corrected chi connectivity index (χ3v) is 3.38. The molecule has 0 amide bonds. The number of hydrogen-bond acceptors (Lipinski definition) is 3. The summed E-state index contributed by atoms with van der Waals surface area (Å²) in [6.07, 6.45) is 0. The number of aromatic nitrogens is 1. The van der Waals surface area contributed by atoms with Crippen LogP contribution in [-0.2, 0) is 6.61 Å². The Labute approximate surface area is 128 Å². The van der Waals surface area contributed by atoms with Gasteiger partial charge in [-0.1, -0.05) is 41.9 Å². The SMILES string of the molecule is COc1ccc2c(OCc3ccccc3)cc(Cl)nc2c1. The summed E-state index contributed by atoms with van der Waals surface area (Å²) in [6, 6.07) is 17.4. The Bertz CT molecular complexity index is 759. The maximum atomic E-state index is 6.07. The number of benzene rings is 2. The molecule has 1 aromatic heterocycles. The summed E-state index contributed by atoms with van der Waals surface area (Å²) in [5, 5.41) is 1.31. The lowest BCUT2D eigenvalue weighted by molar-refractivity contribution is 0.310. The van der Waals surface area contributed by atoms with Crippen molar-refractivity contribution in [3.05, 3.63) is 65.3 Å². The second kappa shape index (κ2) is 6.02. The maximum absolute atomic E-state index is 6.07. The van der Waals surface area contributed by atoms with Crippen LogP contribution in [0.4, 0.5) is 0 Å². The van der Waals surface area contributed by atoms with Crippen molar-refractivity contribution in [2.24, 2.45) is 0 Å². The van der Waals surface area contributed by atoms with E-state index in [9.17, 15) is 0 Å². The predicted molar refractivity (Wildman–Crippen MR) is 84.1 cm³/mol. The number of nitrogens with zero attached hydrogens (tertiary/aromatic N) is 1. The van der Waals surface area contributed by atoms with Crippen LogP contribution in [0.2, 0.25) is 5.15 Å². The molecule has 0 aliphatic rings. The fraction of sp³-hybridized carbons (Fsp3) is 0.118. The largest absolute Gasteiger partial charge is 0.497 e. The van der Waals surface area contributed by atoms with Gasteiger partial charge in [0, 0.05) is 17.5 Å². The van der Waals surface area contributed by atoms with E-state index in [-0.39, 0.29) is 0 Å². The molecule has 3 nitrogen and oxygen atoms in total. The fourth-order valence-electron chi connectivity index (χ4n) is 2.13. The van der Waals surface area contributed by atoms with E-state index < -0.39 is 0 Å². The average molecular weight is 300 g/mol. The summed E-state index contributed by atoms with van der Waals surface area (Å²) in [5.41, 5.74) is 1.86. The fourth-order valence-corrected chi connectivity index (χ4v) is 2.32. The van der Waals surface area contributed by atoms with E-state index in [4.69, 9.17) is 21.1 Å². The minimum absolute atomic E-state index is 0.402. The minimum atomic E-state index is 0.402. The van der Waals surface area contributed by atoms with Gasteiger partial charge in [-0.2, -0.15) is 0 Å². The molecule has 0 spiro atoms. The van der Waals surface area contributed by atoms with Crippen molar-refractivity contribution in [1.82, 2.24) is 4.98 Å². The van der Waals surface area contributed by atoms with E-state index in [0.717, 1.165) is 28.0 Å². The van der Waals surface area contributed by atoms with Crippen LogP contribution in [0.3, 0.4) is 0 Å². The van der Waals surface area contributed by atoms with Gasteiger partial charge in [-0.05, 0) is 17.7 Å². The predicted octanol–water partition coefficient (Wildman–Crippen LogP) is 4.48. The van der Waals surface area contributed by atoms with E-state index in [2.05, 4.69) is 4.98 Å². The van der Waals surface area contributed by atoms with Gasteiger partial charge < -0.3 is 9.47 Å². The zero-order valence-electron chi connectivity index (χ0n) is 11.5. The number of pyridine rings is 1. The highest BCUT2D eigenvalue weighted by molar-refractivity contribution is 6.30. The van der Waals surface area contributed by atoms with Crippen LogP contribution in [0.15, 0.2) is 54.6 Å². The average Bonchev–Trinajstić information content (AvgIpc) is 2.52. The van der Waals surface area contributed by atoms with Crippen LogP contribution in [0.25, 0.3) is 10.9 Å². The van der Waals surface area contributed by atoms with Gasteiger partial charge in [0.25, 0.3) is 0 Å². The summed E-state index contributed by atoms with van der Waals surface area (Å²) in [5.74, 6) is 1.46. The Hall–Kier alpha value is -2.26. The van der Waals surface area contributed by atoms with E-state index in [1.54, 1.807) is 13.2 Å². The molecule has 0 bridgehead atoms. The molecule has 0 aliphatic carbocycles. The van der Waals surface area contributed by atoms with Crippen LogP contribution in [0.5, 0.6) is 11.5 Å². The van der Waals surface area contributed by atoms with Crippen LogP contribution in [-0.4, -0.2) is 12.1 Å². The van der Waals surface area contributed by atoms with Crippen molar-refractivity contribution in [3.8, 4) is 11.5 Å². The van der Waals surface area contributed by atoms with Gasteiger partial charge in [-0.3, -0.25) is 0 Å². The number of hydrogen-bond donors (Lipinski definition) is 0. The standard InChI is InChI=1S/C17H14ClNO2/c1-20-13-7-8-14-15(9-13)19-17(18)10-16(14)21-11-12-5-3-2-4-6-12/h2-10H,11H2,1H3. The highest BCUT2D eigenvalue weighted by atomic mass is 35.5. The summed E-state index contributed by atoms with van der Waals surface area (Å²) >= 11 is 6.07. The van der Waals surface area contributed by atoms with Crippen molar-refractivity contribution >= 4 is 22.5 Å². The first-order valence-electron chi connectivity index (χ1n) is 6.57. The molecule has 0 unspecified atom stereocenters. The third kappa shape index (κ3) is 3.09. The summed E-state index contributed by atoms with van der Waals surface area (Å²) in [4.78, 5) is 4.31. The molecule has 3 aromatic rings. The van der Waals surface area contributed by atoms with Crippen molar-refractivity contribution < 1.29 is 9.47 Å². The topological polar surface area (TPSA) is 31.4 Å². The van der Waals surface area contributed by atoms with Crippen molar-refractivity contribution in [3.63, 3.8) is 0 Å². The summed E-state index contributed by atoms with van der Waals surface area (Å²) < 4.78 is 11.1. The number of ether oxygens (including phenoxy) is 2. The molecule has 3 rings (SSSR count). The van der Waals surface area contributed by atoms with Crippen molar-refractivity contribution in [2.75, 3.05) is 7.11 Å².